The second-order valence-electron chi connectivity index (χ2n) is 4.85. The molecular weight excluding hydrogens is 212 g/mol. The molecule has 1 aromatic carbocycles. The molecule has 1 heterocycles. The van der Waals surface area contributed by atoms with Gasteiger partial charge in [0.25, 0.3) is 5.91 Å². The summed E-state index contributed by atoms with van der Waals surface area (Å²) in [5.41, 5.74) is 1.66. The van der Waals surface area contributed by atoms with Crippen LogP contribution >= 0.6 is 0 Å². The van der Waals surface area contributed by atoms with Crippen molar-refractivity contribution in [1.29, 1.82) is 0 Å². The van der Waals surface area contributed by atoms with E-state index in [4.69, 9.17) is 0 Å². The Kier molecular flexibility index (Phi) is 2.39. The second-order valence-corrected chi connectivity index (χ2v) is 4.85. The summed E-state index contributed by atoms with van der Waals surface area (Å²) in [6.07, 6.45) is 4.36. The van der Waals surface area contributed by atoms with E-state index < -0.39 is 0 Å². The maximum absolute atomic E-state index is 12.2. The summed E-state index contributed by atoms with van der Waals surface area (Å²) < 4.78 is 0. The first kappa shape index (κ1) is 10.4. The largest absolute Gasteiger partial charge is 0.361 e. The molecule has 3 heteroatoms. The lowest BCUT2D eigenvalue weighted by atomic mass is 10.1. The number of para-hydroxylation sites is 1. The van der Waals surface area contributed by atoms with Crippen LogP contribution in [0.5, 0.6) is 0 Å². The van der Waals surface area contributed by atoms with Gasteiger partial charge in [0.2, 0.25) is 0 Å². The average Bonchev–Trinajstić information content (AvgIpc) is 3.06. The highest BCUT2D eigenvalue weighted by Crippen LogP contribution is 2.32. The van der Waals surface area contributed by atoms with Crippen LogP contribution in [0.15, 0.2) is 30.5 Å². The first-order chi connectivity index (χ1) is 8.25. The molecular formula is C14H16N2O. The number of hydrogen-bond acceptors (Lipinski definition) is 1. The first-order valence-electron chi connectivity index (χ1n) is 6.12. The number of fused-ring (bicyclic) bond motifs is 1. The molecule has 1 atom stereocenters. The number of rotatable bonds is 3. The van der Waals surface area contributed by atoms with Gasteiger partial charge < -0.3 is 10.3 Å². The van der Waals surface area contributed by atoms with E-state index in [-0.39, 0.29) is 11.9 Å². The van der Waals surface area contributed by atoms with Crippen molar-refractivity contribution in [2.24, 2.45) is 5.92 Å². The number of benzene rings is 1. The Hall–Kier alpha value is -1.77. The fraction of sp³-hybridized carbons (Fsp3) is 0.357. The Bertz CT molecular complexity index is 554. The highest BCUT2D eigenvalue weighted by atomic mass is 16.1. The fourth-order valence-corrected chi connectivity index (χ4v) is 2.27. The summed E-state index contributed by atoms with van der Waals surface area (Å²) in [7, 11) is 0. The molecule has 0 radical (unpaired) electrons. The highest BCUT2D eigenvalue weighted by Gasteiger charge is 2.29. The standard InChI is InChI=1S/C14H16N2O/c1-9(10-5-6-10)16-14(17)12-4-2-3-11-7-8-15-13(11)12/h2-4,7-10,15H,5-6H2,1H3,(H,16,17). The molecule has 1 aliphatic carbocycles. The zero-order valence-corrected chi connectivity index (χ0v) is 9.86. The molecule has 2 N–H and O–H groups in total. The molecule has 0 saturated heterocycles. The number of carbonyl (C=O) groups is 1. The molecule has 1 aliphatic rings. The smallest absolute Gasteiger partial charge is 0.253 e. The van der Waals surface area contributed by atoms with Crippen LogP contribution in [0.4, 0.5) is 0 Å². The summed E-state index contributed by atoms with van der Waals surface area (Å²) in [5, 5.41) is 4.16. The Morgan fingerprint density at radius 2 is 2.24 bits per heavy atom. The van der Waals surface area contributed by atoms with Crippen LogP contribution < -0.4 is 5.32 Å². The third kappa shape index (κ3) is 1.93. The van der Waals surface area contributed by atoms with Crippen molar-refractivity contribution in [1.82, 2.24) is 10.3 Å². The molecule has 1 fully saturated rings. The Morgan fingerprint density at radius 3 is 3.00 bits per heavy atom. The average molecular weight is 228 g/mol. The van der Waals surface area contributed by atoms with Crippen molar-refractivity contribution in [3.63, 3.8) is 0 Å². The summed E-state index contributed by atoms with van der Waals surface area (Å²) in [6, 6.07) is 8.07. The van der Waals surface area contributed by atoms with Crippen LogP contribution in [0.25, 0.3) is 10.9 Å². The summed E-state index contributed by atoms with van der Waals surface area (Å²) in [4.78, 5) is 15.3. The number of nitrogens with one attached hydrogen (secondary N) is 2. The zero-order valence-electron chi connectivity index (χ0n) is 9.86. The van der Waals surface area contributed by atoms with Crippen molar-refractivity contribution in [2.45, 2.75) is 25.8 Å². The van der Waals surface area contributed by atoms with E-state index in [1.54, 1.807) is 0 Å². The van der Waals surface area contributed by atoms with Crippen LogP contribution in [-0.2, 0) is 0 Å². The maximum atomic E-state index is 12.2. The van der Waals surface area contributed by atoms with E-state index in [0.717, 1.165) is 16.5 Å². The minimum Gasteiger partial charge on any atom is -0.361 e. The lowest BCUT2D eigenvalue weighted by Crippen LogP contribution is -2.34. The first-order valence-corrected chi connectivity index (χ1v) is 6.12. The number of aromatic amines is 1. The van der Waals surface area contributed by atoms with Gasteiger partial charge in [0.05, 0.1) is 11.1 Å². The van der Waals surface area contributed by atoms with Crippen LogP contribution in [-0.4, -0.2) is 16.9 Å². The Morgan fingerprint density at radius 1 is 1.41 bits per heavy atom. The molecule has 1 saturated carbocycles. The third-order valence-electron chi connectivity index (χ3n) is 3.52. The minimum atomic E-state index is 0.0254. The zero-order chi connectivity index (χ0) is 11.8. The predicted octanol–water partition coefficient (Wildman–Crippen LogP) is 2.70. The normalized spacial score (nSPS) is 17.0. The van der Waals surface area contributed by atoms with Crippen molar-refractivity contribution < 1.29 is 4.79 Å². The quantitative estimate of drug-likeness (QED) is 0.833. The van der Waals surface area contributed by atoms with Crippen molar-refractivity contribution >= 4 is 16.8 Å². The van der Waals surface area contributed by atoms with Gasteiger partial charge in [-0.25, -0.2) is 0 Å². The van der Waals surface area contributed by atoms with Gasteiger partial charge in [-0.1, -0.05) is 12.1 Å². The number of amides is 1. The SMILES string of the molecule is CC(NC(=O)c1cccc2cc[nH]c12)C1CC1. The molecule has 0 spiro atoms. The lowest BCUT2D eigenvalue weighted by molar-refractivity contribution is 0.0937. The van der Waals surface area contributed by atoms with E-state index in [1.807, 2.05) is 30.5 Å². The van der Waals surface area contributed by atoms with E-state index in [2.05, 4.69) is 17.2 Å². The van der Waals surface area contributed by atoms with E-state index in [0.29, 0.717) is 5.92 Å². The number of carbonyl (C=O) groups excluding carboxylic acids is 1. The van der Waals surface area contributed by atoms with Crippen LogP contribution in [0.1, 0.15) is 30.1 Å². The summed E-state index contributed by atoms with van der Waals surface area (Å²) in [6.45, 7) is 2.09. The van der Waals surface area contributed by atoms with Crippen LogP contribution in [0.3, 0.4) is 0 Å². The van der Waals surface area contributed by atoms with Gasteiger partial charge in [-0.3, -0.25) is 4.79 Å². The molecule has 3 rings (SSSR count). The predicted molar refractivity (Wildman–Crippen MR) is 68.0 cm³/mol. The highest BCUT2D eigenvalue weighted by molar-refractivity contribution is 6.05. The summed E-state index contributed by atoms with van der Waals surface area (Å²) >= 11 is 0. The van der Waals surface area contributed by atoms with Crippen molar-refractivity contribution in [3.05, 3.63) is 36.0 Å². The lowest BCUT2D eigenvalue weighted by Gasteiger charge is -2.13. The van der Waals surface area contributed by atoms with Gasteiger partial charge >= 0.3 is 0 Å². The van der Waals surface area contributed by atoms with Crippen molar-refractivity contribution in [3.8, 4) is 0 Å². The summed E-state index contributed by atoms with van der Waals surface area (Å²) in [5.74, 6) is 0.708. The molecule has 2 aromatic rings. The Labute approximate surface area is 100 Å². The second kappa shape index (κ2) is 3.91. The topological polar surface area (TPSA) is 44.9 Å². The molecule has 1 amide bonds. The van der Waals surface area contributed by atoms with Crippen LogP contribution in [0.2, 0.25) is 0 Å². The van der Waals surface area contributed by atoms with E-state index >= 15 is 0 Å². The van der Waals surface area contributed by atoms with Gasteiger partial charge in [0, 0.05) is 17.6 Å². The number of aromatic nitrogens is 1. The van der Waals surface area contributed by atoms with E-state index in [1.165, 1.54) is 12.8 Å². The number of H-pyrrole nitrogens is 1. The van der Waals surface area contributed by atoms with Gasteiger partial charge in [0.1, 0.15) is 0 Å². The third-order valence-corrected chi connectivity index (χ3v) is 3.52. The van der Waals surface area contributed by atoms with Gasteiger partial charge in [0.15, 0.2) is 0 Å². The molecule has 1 aromatic heterocycles. The van der Waals surface area contributed by atoms with E-state index in [9.17, 15) is 4.79 Å². The van der Waals surface area contributed by atoms with Crippen LogP contribution in [0, 0.1) is 5.92 Å². The number of hydrogen-bond donors (Lipinski definition) is 2. The fourth-order valence-electron chi connectivity index (χ4n) is 2.27. The monoisotopic (exact) mass is 228 g/mol. The maximum Gasteiger partial charge on any atom is 0.253 e. The van der Waals surface area contributed by atoms with Gasteiger partial charge in [-0.15, -0.1) is 0 Å². The molecule has 17 heavy (non-hydrogen) atoms. The molecule has 0 aliphatic heterocycles. The molecule has 1 unspecified atom stereocenters. The minimum absolute atomic E-state index is 0.0254. The molecule has 3 nitrogen and oxygen atoms in total. The molecule has 0 bridgehead atoms. The van der Waals surface area contributed by atoms with Crippen molar-refractivity contribution in [2.75, 3.05) is 0 Å². The van der Waals surface area contributed by atoms with Gasteiger partial charge in [-0.2, -0.15) is 0 Å². The Balaban J connectivity index is 1.86. The van der Waals surface area contributed by atoms with Gasteiger partial charge in [-0.05, 0) is 37.8 Å². The molecule has 88 valence electrons.